The summed E-state index contributed by atoms with van der Waals surface area (Å²) in [6.45, 7) is 0.0800. The topological polar surface area (TPSA) is 104 Å². The number of rotatable bonds is 6. The largest absolute Gasteiger partial charge is 0.350 e. The number of nitrogens with one attached hydrogen (secondary N) is 1. The van der Waals surface area contributed by atoms with Crippen LogP contribution in [0.5, 0.6) is 0 Å². The van der Waals surface area contributed by atoms with Gasteiger partial charge < -0.3 is 5.32 Å². The fourth-order valence-corrected chi connectivity index (χ4v) is 5.38. The molecule has 3 aromatic rings. The van der Waals surface area contributed by atoms with Gasteiger partial charge in [-0.05, 0) is 59.6 Å². The number of carbonyl (C=O) groups excluding carboxylic acids is 5. The number of thiophene rings is 1. The third-order valence-corrected chi connectivity index (χ3v) is 7.20. The van der Waals surface area contributed by atoms with Gasteiger partial charge in [0.05, 0.1) is 21.7 Å². The van der Waals surface area contributed by atoms with Crippen LogP contribution >= 0.6 is 23.1 Å². The average Bonchev–Trinajstić information content (AvgIpc) is 3.54. The summed E-state index contributed by atoms with van der Waals surface area (Å²) in [7, 11) is 0. The molecule has 2 aromatic carbocycles. The molecule has 5 amide bonds. The van der Waals surface area contributed by atoms with Crippen molar-refractivity contribution in [1.82, 2.24) is 10.2 Å². The van der Waals surface area contributed by atoms with Crippen molar-refractivity contribution < 1.29 is 24.0 Å². The van der Waals surface area contributed by atoms with E-state index in [0.717, 1.165) is 26.4 Å². The first-order chi connectivity index (χ1) is 16.9. The van der Waals surface area contributed by atoms with Crippen molar-refractivity contribution in [2.45, 2.75) is 0 Å². The number of hydrogen-bond donors (Lipinski definition) is 1. The highest BCUT2D eigenvalue weighted by Crippen LogP contribution is 2.33. The van der Waals surface area contributed by atoms with Crippen molar-refractivity contribution in [3.8, 4) is 0 Å². The van der Waals surface area contributed by atoms with Crippen molar-refractivity contribution in [1.29, 1.82) is 0 Å². The summed E-state index contributed by atoms with van der Waals surface area (Å²) in [5, 5.41) is 4.18. The molecule has 1 saturated heterocycles. The van der Waals surface area contributed by atoms with Crippen LogP contribution in [0.25, 0.3) is 6.08 Å². The number of fused-ring (bicyclic) bond motifs is 1. The first-order valence-electron chi connectivity index (χ1n) is 10.6. The standard InChI is InChI=1S/C25H17N3O5S2/c29-21(26-10-11-27-24(32)20(35-25(27)33)14-17-7-4-12-34-17)15-5-3-6-16(13-15)28-22(30)18-8-1-2-9-19(18)23(28)31/h1-9,12-14H,10-11H2,(H,26,29)/b20-14-. The molecule has 2 aliphatic heterocycles. The minimum atomic E-state index is -0.454. The zero-order valence-corrected chi connectivity index (χ0v) is 19.7. The van der Waals surface area contributed by atoms with Gasteiger partial charge in [0.1, 0.15) is 0 Å². The highest BCUT2D eigenvalue weighted by atomic mass is 32.2. The molecule has 1 aromatic heterocycles. The second-order valence-corrected chi connectivity index (χ2v) is 9.62. The van der Waals surface area contributed by atoms with Crippen LogP contribution in [0.2, 0.25) is 0 Å². The Morgan fingerprint density at radius 3 is 2.31 bits per heavy atom. The molecule has 0 bridgehead atoms. The molecule has 0 saturated carbocycles. The normalized spacial score (nSPS) is 16.4. The third-order valence-electron chi connectivity index (χ3n) is 5.47. The van der Waals surface area contributed by atoms with Crippen LogP contribution in [-0.2, 0) is 4.79 Å². The maximum absolute atomic E-state index is 12.7. The first kappa shape index (κ1) is 22.8. The van der Waals surface area contributed by atoms with Gasteiger partial charge in [-0.1, -0.05) is 24.3 Å². The minimum Gasteiger partial charge on any atom is -0.350 e. The first-order valence-corrected chi connectivity index (χ1v) is 12.3. The van der Waals surface area contributed by atoms with Gasteiger partial charge in [-0.25, -0.2) is 4.90 Å². The van der Waals surface area contributed by atoms with Gasteiger partial charge in [-0.2, -0.15) is 0 Å². The van der Waals surface area contributed by atoms with Gasteiger partial charge in [0.25, 0.3) is 28.9 Å². The number of benzene rings is 2. The predicted octanol–water partition coefficient (Wildman–Crippen LogP) is 4.02. The Bertz CT molecular complexity index is 1380. The summed E-state index contributed by atoms with van der Waals surface area (Å²) in [4.78, 5) is 66.4. The van der Waals surface area contributed by atoms with Crippen molar-refractivity contribution in [2.75, 3.05) is 18.0 Å². The summed E-state index contributed by atoms with van der Waals surface area (Å²) < 4.78 is 0. The maximum Gasteiger partial charge on any atom is 0.293 e. The van der Waals surface area contributed by atoms with E-state index >= 15 is 0 Å². The Hall–Kier alpha value is -4.02. The van der Waals surface area contributed by atoms with Crippen molar-refractivity contribution in [2.24, 2.45) is 0 Å². The SMILES string of the molecule is O=C(NCCN1C(=O)S/C(=C\c2cccs2)C1=O)c1cccc(N2C(=O)c3ccccc3C2=O)c1. The summed E-state index contributed by atoms with van der Waals surface area (Å²) in [6, 6.07) is 16.5. The molecule has 0 radical (unpaired) electrons. The van der Waals surface area contributed by atoms with Gasteiger partial charge in [0.15, 0.2) is 0 Å². The molecule has 0 spiro atoms. The third kappa shape index (κ3) is 4.29. The van der Waals surface area contributed by atoms with Crippen LogP contribution in [0.1, 0.15) is 36.0 Å². The van der Waals surface area contributed by atoms with Crippen molar-refractivity contribution >= 4 is 63.7 Å². The molecular weight excluding hydrogens is 486 g/mol. The van der Waals surface area contributed by atoms with Crippen LogP contribution in [0.4, 0.5) is 10.5 Å². The van der Waals surface area contributed by atoms with Crippen LogP contribution in [0.15, 0.2) is 70.9 Å². The number of imide groups is 2. The Kier molecular flexibility index (Phi) is 6.06. The second-order valence-electron chi connectivity index (χ2n) is 7.65. The molecule has 0 unspecified atom stereocenters. The zero-order valence-electron chi connectivity index (χ0n) is 18.1. The van der Waals surface area contributed by atoms with Gasteiger partial charge in [0, 0.05) is 23.5 Å². The number of hydrogen-bond acceptors (Lipinski definition) is 7. The molecular formula is C25H17N3O5S2. The Balaban J connectivity index is 1.23. The van der Waals surface area contributed by atoms with E-state index in [4.69, 9.17) is 0 Å². The summed E-state index contributed by atoms with van der Waals surface area (Å²) in [6.07, 6.45) is 1.68. The monoisotopic (exact) mass is 503 g/mol. The summed E-state index contributed by atoms with van der Waals surface area (Å²) >= 11 is 2.34. The van der Waals surface area contributed by atoms with E-state index in [1.54, 1.807) is 48.5 Å². The Morgan fingerprint density at radius 1 is 0.886 bits per heavy atom. The van der Waals surface area contributed by atoms with E-state index in [1.807, 2.05) is 17.5 Å². The fraction of sp³-hybridized carbons (Fsp3) is 0.0800. The number of carbonyl (C=O) groups is 5. The molecule has 2 aliphatic rings. The lowest BCUT2D eigenvalue weighted by molar-refractivity contribution is -0.122. The highest BCUT2D eigenvalue weighted by molar-refractivity contribution is 8.18. The van der Waals surface area contributed by atoms with E-state index in [9.17, 15) is 24.0 Å². The fourth-order valence-electron chi connectivity index (χ4n) is 3.79. The van der Waals surface area contributed by atoms with Crippen molar-refractivity contribution in [3.05, 3.63) is 92.5 Å². The van der Waals surface area contributed by atoms with E-state index in [0.29, 0.717) is 16.0 Å². The molecule has 8 nitrogen and oxygen atoms in total. The lowest BCUT2D eigenvalue weighted by Gasteiger charge is -2.16. The molecule has 174 valence electrons. The number of anilines is 1. The Labute approximate surface area is 208 Å². The quantitative estimate of drug-likeness (QED) is 0.403. The lowest BCUT2D eigenvalue weighted by Crippen LogP contribution is -2.37. The molecule has 0 aliphatic carbocycles. The summed E-state index contributed by atoms with van der Waals surface area (Å²) in [5.74, 6) is -1.74. The molecule has 1 N–H and O–H groups in total. The van der Waals surface area contributed by atoms with E-state index < -0.39 is 23.6 Å². The Morgan fingerprint density at radius 2 is 1.63 bits per heavy atom. The van der Waals surface area contributed by atoms with E-state index in [-0.39, 0.29) is 29.6 Å². The molecule has 35 heavy (non-hydrogen) atoms. The molecule has 5 rings (SSSR count). The van der Waals surface area contributed by atoms with Gasteiger partial charge in [-0.15, -0.1) is 11.3 Å². The zero-order chi connectivity index (χ0) is 24.5. The number of thioether (sulfide) groups is 1. The lowest BCUT2D eigenvalue weighted by atomic mass is 10.1. The predicted molar refractivity (Wildman–Crippen MR) is 133 cm³/mol. The highest BCUT2D eigenvalue weighted by Gasteiger charge is 2.37. The van der Waals surface area contributed by atoms with Crippen LogP contribution in [0, 0.1) is 0 Å². The molecule has 3 heterocycles. The molecule has 0 atom stereocenters. The van der Waals surface area contributed by atoms with Crippen LogP contribution < -0.4 is 10.2 Å². The smallest absolute Gasteiger partial charge is 0.293 e. The van der Waals surface area contributed by atoms with E-state index in [1.165, 1.54) is 17.4 Å². The van der Waals surface area contributed by atoms with Gasteiger partial charge >= 0.3 is 0 Å². The van der Waals surface area contributed by atoms with Crippen molar-refractivity contribution in [3.63, 3.8) is 0 Å². The second kappa shape index (κ2) is 9.32. The van der Waals surface area contributed by atoms with Gasteiger partial charge in [0.2, 0.25) is 0 Å². The molecule has 1 fully saturated rings. The maximum atomic E-state index is 12.7. The van der Waals surface area contributed by atoms with E-state index in [2.05, 4.69) is 5.32 Å². The number of nitrogens with zero attached hydrogens (tertiary/aromatic N) is 2. The summed E-state index contributed by atoms with van der Waals surface area (Å²) in [5.41, 5.74) is 1.16. The average molecular weight is 504 g/mol. The number of amides is 5. The molecule has 10 heteroatoms. The minimum absolute atomic E-state index is 0.0241. The van der Waals surface area contributed by atoms with Crippen LogP contribution in [-0.4, -0.2) is 46.9 Å². The van der Waals surface area contributed by atoms with Crippen LogP contribution in [0.3, 0.4) is 0 Å². The van der Waals surface area contributed by atoms with Gasteiger partial charge in [-0.3, -0.25) is 28.9 Å².